The van der Waals surface area contributed by atoms with Crippen molar-refractivity contribution in [3.8, 4) is 0 Å². The van der Waals surface area contributed by atoms with E-state index >= 15 is 0 Å². The fraction of sp³-hybridized carbons (Fsp3) is 0.409. The second-order valence-electron chi connectivity index (χ2n) is 7.82. The van der Waals surface area contributed by atoms with Gasteiger partial charge in [-0.2, -0.15) is 0 Å². The first-order valence-corrected chi connectivity index (χ1v) is 10.3. The quantitative estimate of drug-likeness (QED) is 0.792. The first-order chi connectivity index (χ1) is 14.6. The molecular formula is C22H26N4O4. The molecular weight excluding hydrogens is 384 g/mol. The molecule has 30 heavy (non-hydrogen) atoms. The lowest BCUT2D eigenvalue weighted by molar-refractivity contribution is -0.129. The molecule has 0 radical (unpaired) electrons. The van der Waals surface area contributed by atoms with E-state index in [0.717, 1.165) is 5.69 Å². The number of urea groups is 1. The van der Waals surface area contributed by atoms with Crippen molar-refractivity contribution in [1.29, 1.82) is 0 Å². The van der Waals surface area contributed by atoms with E-state index in [-0.39, 0.29) is 36.2 Å². The van der Waals surface area contributed by atoms with Gasteiger partial charge < -0.3 is 24.9 Å². The lowest BCUT2D eigenvalue weighted by Gasteiger charge is -2.32. The summed E-state index contributed by atoms with van der Waals surface area (Å²) in [6, 6.07) is 12.9. The van der Waals surface area contributed by atoms with Gasteiger partial charge >= 0.3 is 6.03 Å². The monoisotopic (exact) mass is 410 g/mol. The van der Waals surface area contributed by atoms with Crippen LogP contribution in [0.3, 0.4) is 0 Å². The van der Waals surface area contributed by atoms with Gasteiger partial charge in [0.1, 0.15) is 5.76 Å². The molecule has 4 amide bonds. The van der Waals surface area contributed by atoms with Gasteiger partial charge in [0.25, 0.3) is 0 Å². The summed E-state index contributed by atoms with van der Waals surface area (Å²) in [5.41, 5.74) is 0.767. The number of rotatable bonds is 5. The zero-order chi connectivity index (χ0) is 20.9. The van der Waals surface area contributed by atoms with Crippen LogP contribution in [-0.2, 0) is 16.1 Å². The molecule has 1 aromatic heterocycles. The predicted molar refractivity (Wildman–Crippen MR) is 110 cm³/mol. The van der Waals surface area contributed by atoms with Gasteiger partial charge in [-0.25, -0.2) is 4.79 Å². The molecule has 2 N–H and O–H groups in total. The Kier molecular flexibility index (Phi) is 6.02. The Labute approximate surface area is 175 Å². The van der Waals surface area contributed by atoms with Crippen LogP contribution in [0.5, 0.6) is 0 Å². The SMILES string of the molecule is O=C(NC1CCN(C(=O)Nc2ccccc2)CC1)[C@@H]1CC(=O)N(Cc2ccco2)C1. The Balaban J connectivity index is 1.21. The molecule has 2 aromatic rings. The van der Waals surface area contributed by atoms with Crippen molar-refractivity contribution >= 4 is 23.5 Å². The molecule has 2 fully saturated rings. The summed E-state index contributed by atoms with van der Waals surface area (Å²) < 4.78 is 5.30. The van der Waals surface area contributed by atoms with Crippen molar-refractivity contribution in [2.75, 3.05) is 25.0 Å². The zero-order valence-corrected chi connectivity index (χ0v) is 16.8. The Hall–Kier alpha value is -3.29. The average molecular weight is 410 g/mol. The average Bonchev–Trinajstić information content (AvgIpc) is 3.40. The first kappa shape index (κ1) is 20.0. The number of para-hydroxylation sites is 1. The Bertz CT molecular complexity index is 876. The van der Waals surface area contributed by atoms with E-state index in [4.69, 9.17) is 4.42 Å². The number of amides is 4. The highest BCUT2D eigenvalue weighted by atomic mass is 16.3. The minimum absolute atomic E-state index is 0.0208. The van der Waals surface area contributed by atoms with E-state index in [0.29, 0.717) is 44.8 Å². The second-order valence-corrected chi connectivity index (χ2v) is 7.82. The number of carbonyl (C=O) groups is 3. The van der Waals surface area contributed by atoms with Gasteiger partial charge in [0, 0.05) is 37.8 Å². The lowest BCUT2D eigenvalue weighted by Crippen LogP contribution is -2.49. The maximum atomic E-state index is 12.7. The van der Waals surface area contributed by atoms with Gasteiger partial charge in [0.15, 0.2) is 0 Å². The van der Waals surface area contributed by atoms with Gasteiger partial charge in [0.2, 0.25) is 11.8 Å². The molecule has 2 saturated heterocycles. The maximum absolute atomic E-state index is 12.7. The summed E-state index contributed by atoms with van der Waals surface area (Å²) in [5, 5.41) is 5.96. The number of piperidine rings is 1. The van der Waals surface area contributed by atoms with E-state index in [1.807, 2.05) is 36.4 Å². The van der Waals surface area contributed by atoms with Gasteiger partial charge in [-0.3, -0.25) is 9.59 Å². The molecule has 0 unspecified atom stereocenters. The summed E-state index contributed by atoms with van der Waals surface area (Å²) in [6.07, 6.45) is 3.20. The molecule has 4 rings (SSSR count). The molecule has 2 aliphatic rings. The predicted octanol–water partition coefficient (Wildman–Crippen LogP) is 2.44. The van der Waals surface area contributed by atoms with Crippen LogP contribution >= 0.6 is 0 Å². The summed E-state index contributed by atoms with van der Waals surface area (Å²) in [6.45, 7) is 1.96. The molecule has 8 nitrogen and oxygen atoms in total. The molecule has 8 heteroatoms. The third-order valence-corrected chi connectivity index (χ3v) is 5.67. The van der Waals surface area contributed by atoms with Crippen LogP contribution in [-0.4, -0.2) is 53.3 Å². The van der Waals surface area contributed by atoms with Crippen molar-refractivity contribution in [2.24, 2.45) is 5.92 Å². The number of anilines is 1. The van der Waals surface area contributed by atoms with E-state index in [2.05, 4.69) is 10.6 Å². The molecule has 0 spiro atoms. The summed E-state index contributed by atoms with van der Waals surface area (Å²) in [5.74, 6) is 0.258. The maximum Gasteiger partial charge on any atom is 0.321 e. The van der Waals surface area contributed by atoms with Gasteiger partial charge in [-0.05, 0) is 37.1 Å². The number of nitrogens with zero attached hydrogens (tertiary/aromatic N) is 2. The summed E-state index contributed by atoms with van der Waals surface area (Å²) in [7, 11) is 0. The zero-order valence-electron chi connectivity index (χ0n) is 16.8. The van der Waals surface area contributed by atoms with Crippen molar-refractivity contribution in [3.05, 3.63) is 54.5 Å². The highest BCUT2D eigenvalue weighted by Crippen LogP contribution is 2.22. The molecule has 3 heterocycles. The fourth-order valence-electron chi connectivity index (χ4n) is 3.96. The van der Waals surface area contributed by atoms with Crippen LogP contribution in [0.2, 0.25) is 0 Å². The third-order valence-electron chi connectivity index (χ3n) is 5.67. The van der Waals surface area contributed by atoms with E-state index in [1.54, 1.807) is 22.1 Å². The van der Waals surface area contributed by atoms with Crippen LogP contribution in [0.25, 0.3) is 0 Å². The lowest BCUT2D eigenvalue weighted by atomic mass is 10.0. The highest BCUT2D eigenvalue weighted by Gasteiger charge is 2.36. The van der Waals surface area contributed by atoms with Gasteiger partial charge in [0.05, 0.1) is 18.7 Å². The number of nitrogens with one attached hydrogen (secondary N) is 2. The van der Waals surface area contributed by atoms with E-state index < -0.39 is 0 Å². The van der Waals surface area contributed by atoms with Crippen molar-refractivity contribution in [2.45, 2.75) is 31.8 Å². The van der Waals surface area contributed by atoms with Crippen molar-refractivity contribution in [3.63, 3.8) is 0 Å². The Morgan fingerprint density at radius 3 is 2.53 bits per heavy atom. The molecule has 0 bridgehead atoms. The number of hydrogen-bond acceptors (Lipinski definition) is 4. The number of furan rings is 1. The molecule has 2 aliphatic heterocycles. The molecule has 0 saturated carbocycles. The normalized spacial score (nSPS) is 19.7. The molecule has 1 atom stereocenters. The largest absolute Gasteiger partial charge is 0.467 e. The van der Waals surface area contributed by atoms with E-state index in [9.17, 15) is 14.4 Å². The number of carbonyl (C=O) groups excluding carboxylic acids is 3. The standard InChI is InChI=1S/C22H26N4O4/c27-20-13-16(14-26(20)15-19-7-4-12-30-19)21(28)23-18-8-10-25(11-9-18)22(29)24-17-5-2-1-3-6-17/h1-7,12,16,18H,8-11,13-15H2,(H,23,28)(H,24,29)/t16-/m1/s1. The van der Waals surface area contributed by atoms with Crippen molar-refractivity contribution in [1.82, 2.24) is 15.1 Å². The number of benzene rings is 1. The van der Waals surface area contributed by atoms with Crippen LogP contribution in [0.15, 0.2) is 53.1 Å². The minimum atomic E-state index is -0.341. The van der Waals surface area contributed by atoms with Crippen LogP contribution in [0, 0.1) is 5.92 Å². The highest BCUT2D eigenvalue weighted by molar-refractivity contribution is 5.90. The third kappa shape index (κ3) is 4.82. The van der Waals surface area contributed by atoms with Crippen LogP contribution in [0.1, 0.15) is 25.0 Å². The first-order valence-electron chi connectivity index (χ1n) is 10.3. The summed E-state index contributed by atoms with van der Waals surface area (Å²) >= 11 is 0. The number of likely N-dealkylation sites (tertiary alicyclic amines) is 2. The van der Waals surface area contributed by atoms with Crippen LogP contribution in [0.4, 0.5) is 10.5 Å². The number of hydrogen-bond donors (Lipinski definition) is 2. The second kappa shape index (κ2) is 9.02. The minimum Gasteiger partial charge on any atom is -0.467 e. The molecule has 1 aromatic carbocycles. The molecule has 158 valence electrons. The fourth-order valence-corrected chi connectivity index (χ4v) is 3.96. The smallest absolute Gasteiger partial charge is 0.321 e. The van der Waals surface area contributed by atoms with Crippen molar-refractivity contribution < 1.29 is 18.8 Å². The van der Waals surface area contributed by atoms with E-state index in [1.165, 1.54) is 0 Å². The summed E-state index contributed by atoms with van der Waals surface area (Å²) in [4.78, 5) is 40.7. The Morgan fingerprint density at radius 1 is 1.07 bits per heavy atom. The van der Waals surface area contributed by atoms with Gasteiger partial charge in [-0.15, -0.1) is 0 Å². The van der Waals surface area contributed by atoms with Gasteiger partial charge in [-0.1, -0.05) is 18.2 Å². The molecule has 0 aliphatic carbocycles. The topological polar surface area (TPSA) is 94.9 Å². The van der Waals surface area contributed by atoms with Crippen LogP contribution < -0.4 is 10.6 Å². The Morgan fingerprint density at radius 2 is 1.83 bits per heavy atom.